The summed E-state index contributed by atoms with van der Waals surface area (Å²) in [5.74, 6) is 0.329. The molecule has 4 rings (SSSR count). The largest absolute Gasteiger partial charge is 0.293 e. The molecule has 27 heavy (non-hydrogen) atoms. The highest BCUT2D eigenvalue weighted by Crippen LogP contribution is 2.38. The van der Waals surface area contributed by atoms with Gasteiger partial charge < -0.3 is 0 Å². The number of Topliss-reactive ketones (excluding diaryl/α,β-unsaturated/α-hetero) is 1. The van der Waals surface area contributed by atoms with E-state index in [1.54, 1.807) is 41.9 Å². The van der Waals surface area contributed by atoms with Gasteiger partial charge in [0.25, 0.3) is 0 Å². The first-order valence-electron chi connectivity index (χ1n) is 8.01. The van der Waals surface area contributed by atoms with E-state index in [9.17, 15) is 4.79 Å². The molecule has 0 radical (unpaired) electrons. The maximum Gasteiger partial charge on any atom is 0.173 e. The Morgan fingerprint density at radius 2 is 1.63 bits per heavy atom. The van der Waals surface area contributed by atoms with Crippen LogP contribution in [0.4, 0.5) is 0 Å². The van der Waals surface area contributed by atoms with E-state index in [1.807, 2.05) is 24.3 Å². The number of hydrogen-bond donors (Lipinski definition) is 0. The maximum absolute atomic E-state index is 12.5. The van der Waals surface area contributed by atoms with Gasteiger partial charge in [-0.1, -0.05) is 47.1 Å². The minimum atomic E-state index is 0.0340. The Labute approximate surface area is 174 Å². The highest BCUT2D eigenvalue weighted by Gasteiger charge is 2.15. The number of benzene rings is 2. The number of halogens is 2. The normalized spacial score (nSPS) is 11.0. The minimum absolute atomic E-state index is 0.0340. The molecule has 7 heteroatoms. The summed E-state index contributed by atoms with van der Waals surface area (Å²) in [6, 6.07) is 14.6. The average Bonchev–Trinajstić information content (AvgIpc) is 3.12. The lowest BCUT2D eigenvalue weighted by Crippen LogP contribution is -2.02. The molecule has 0 fully saturated rings. The van der Waals surface area contributed by atoms with E-state index in [2.05, 4.69) is 15.3 Å². The average molecular weight is 431 g/mol. The summed E-state index contributed by atoms with van der Waals surface area (Å²) in [5.41, 5.74) is 2.74. The van der Waals surface area contributed by atoms with Gasteiger partial charge >= 0.3 is 0 Å². The summed E-state index contributed by atoms with van der Waals surface area (Å²) in [5, 5.41) is 5.14. The Morgan fingerprint density at radius 3 is 2.33 bits per heavy atom. The highest BCUT2D eigenvalue weighted by atomic mass is 35.5. The monoisotopic (exact) mass is 430 g/mol. The Morgan fingerprint density at radius 1 is 0.963 bits per heavy atom. The molecule has 0 aliphatic heterocycles. The molecule has 2 heterocycles. The zero-order valence-corrected chi connectivity index (χ0v) is 17.0. The molecule has 0 N–H and O–H groups in total. The molecule has 0 amide bonds. The second-order valence-electron chi connectivity index (χ2n) is 5.73. The Hall–Kier alpha value is -1.92. The molecule has 0 saturated heterocycles. The van der Waals surface area contributed by atoms with Crippen LogP contribution in [-0.2, 0) is 0 Å². The Kier molecular flexibility index (Phi) is 5.45. The number of thioether (sulfide) groups is 1. The lowest BCUT2D eigenvalue weighted by Gasteiger charge is -2.06. The number of fused-ring (bicyclic) bond motifs is 1. The van der Waals surface area contributed by atoms with Crippen LogP contribution in [0.2, 0.25) is 10.0 Å². The van der Waals surface area contributed by atoms with Crippen molar-refractivity contribution in [3.63, 3.8) is 0 Å². The lowest BCUT2D eigenvalue weighted by atomic mass is 10.1. The molecule has 0 saturated carbocycles. The van der Waals surface area contributed by atoms with Gasteiger partial charge in [-0.25, -0.2) is 9.97 Å². The zero-order valence-electron chi connectivity index (χ0n) is 13.9. The lowest BCUT2D eigenvalue weighted by molar-refractivity contribution is 0.102. The molecular formula is C20H12Cl2N2OS2. The molecule has 4 aromatic rings. The van der Waals surface area contributed by atoms with E-state index in [0.29, 0.717) is 21.4 Å². The van der Waals surface area contributed by atoms with Crippen molar-refractivity contribution < 1.29 is 4.79 Å². The number of nitrogens with zero attached hydrogens (tertiary/aromatic N) is 2. The summed E-state index contributed by atoms with van der Waals surface area (Å²) >= 11 is 14.9. The summed E-state index contributed by atoms with van der Waals surface area (Å²) in [6.45, 7) is 0. The van der Waals surface area contributed by atoms with Gasteiger partial charge in [-0.3, -0.25) is 4.79 Å². The van der Waals surface area contributed by atoms with Crippen LogP contribution in [0, 0.1) is 0 Å². The standard InChI is InChI=1S/C20H12Cl2N2OS2/c21-14-5-1-12(2-6-14)16-9-26-19-18(16)20(24-11-23-19)27-10-17(25)13-3-7-15(22)8-4-13/h1-9,11H,10H2. The molecule has 0 unspecified atom stereocenters. The first-order chi connectivity index (χ1) is 13.1. The van der Waals surface area contributed by atoms with E-state index in [0.717, 1.165) is 26.4 Å². The van der Waals surface area contributed by atoms with Crippen molar-refractivity contribution in [3.05, 3.63) is 75.8 Å². The number of rotatable bonds is 5. The van der Waals surface area contributed by atoms with E-state index in [-0.39, 0.29) is 5.78 Å². The molecule has 0 aliphatic carbocycles. The molecule has 0 aliphatic rings. The fraction of sp³-hybridized carbons (Fsp3) is 0.0500. The van der Waals surface area contributed by atoms with E-state index < -0.39 is 0 Å². The van der Waals surface area contributed by atoms with Crippen molar-refractivity contribution in [1.82, 2.24) is 9.97 Å². The van der Waals surface area contributed by atoms with Gasteiger partial charge in [0.05, 0.1) is 11.1 Å². The van der Waals surface area contributed by atoms with Gasteiger partial charge in [0, 0.05) is 26.6 Å². The maximum atomic E-state index is 12.5. The highest BCUT2D eigenvalue weighted by molar-refractivity contribution is 8.00. The van der Waals surface area contributed by atoms with Crippen LogP contribution < -0.4 is 0 Å². The predicted molar refractivity (Wildman–Crippen MR) is 114 cm³/mol. The summed E-state index contributed by atoms with van der Waals surface area (Å²) < 4.78 is 0. The van der Waals surface area contributed by atoms with E-state index in [1.165, 1.54) is 11.8 Å². The van der Waals surface area contributed by atoms with Crippen LogP contribution >= 0.6 is 46.3 Å². The zero-order chi connectivity index (χ0) is 18.8. The fourth-order valence-corrected chi connectivity index (χ4v) is 4.79. The number of carbonyl (C=O) groups is 1. The topological polar surface area (TPSA) is 42.9 Å². The van der Waals surface area contributed by atoms with E-state index in [4.69, 9.17) is 23.2 Å². The van der Waals surface area contributed by atoms with E-state index >= 15 is 0 Å². The van der Waals surface area contributed by atoms with Gasteiger partial charge in [-0.05, 0) is 42.0 Å². The number of ketones is 1. The Balaban J connectivity index is 1.64. The van der Waals surface area contributed by atoms with Crippen LogP contribution in [0.15, 0.2) is 65.3 Å². The smallest absolute Gasteiger partial charge is 0.173 e. The van der Waals surface area contributed by atoms with Gasteiger partial charge in [-0.15, -0.1) is 11.3 Å². The third-order valence-electron chi connectivity index (χ3n) is 4.00. The number of carbonyl (C=O) groups excluding carboxylic acids is 1. The van der Waals surface area contributed by atoms with Crippen molar-refractivity contribution in [2.45, 2.75) is 5.03 Å². The number of hydrogen-bond acceptors (Lipinski definition) is 5. The third kappa shape index (κ3) is 4.01. The SMILES string of the molecule is O=C(CSc1ncnc2scc(-c3ccc(Cl)cc3)c12)c1ccc(Cl)cc1. The summed E-state index contributed by atoms with van der Waals surface area (Å²) in [6.07, 6.45) is 1.54. The Bertz CT molecular complexity index is 1110. The first kappa shape index (κ1) is 18.4. The molecule has 0 spiro atoms. The van der Waals surface area contributed by atoms with Crippen LogP contribution in [-0.4, -0.2) is 21.5 Å². The van der Waals surface area contributed by atoms with Crippen molar-refractivity contribution in [2.75, 3.05) is 5.75 Å². The van der Waals surface area contributed by atoms with Gasteiger partial charge in [0.2, 0.25) is 0 Å². The van der Waals surface area contributed by atoms with Crippen molar-refractivity contribution >= 4 is 62.3 Å². The van der Waals surface area contributed by atoms with Crippen molar-refractivity contribution in [1.29, 1.82) is 0 Å². The van der Waals surface area contributed by atoms with Crippen LogP contribution in [0.5, 0.6) is 0 Å². The number of thiophene rings is 1. The van der Waals surface area contributed by atoms with Crippen molar-refractivity contribution in [3.8, 4) is 11.1 Å². The first-order valence-corrected chi connectivity index (χ1v) is 10.6. The molecule has 134 valence electrons. The minimum Gasteiger partial charge on any atom is -0.293 e. The molecule has 2 aromatic carbocycles. The number of aromatic nitrogens is 2. The van der Waals surface area contributed by atoms with Gasteiger partial charge in [-0.2, -0.15) is 0 Å². The molecule has 0 atom stereocenters. The quantitative estimate of drug-likeness (QED) is 0.202. The van der Waals surface area contributed by atoms with Gasteiger partial charge in [0.15, 0.2) is 5.78 Å². The predicted octanol–water partition coefficient (Wildman–Crippen LogP) is 6.64. The van der Waals surface area contributed by atoms with Crippen LogP contribution in [0.3, 0.4) is 0 Å². The second kappa shape index (κ2) is 7.98. The summed E-state index contributed by atoms with van der Waals surface area (Å²) in [4.78, 5) is 22.2. The van der Waals surface area contributed by atoms with Crippen LogP contribution in [0.25, 0.3) is 21.3 Å². The fourth-order valence-electron chi connectivity index (χ4n) is 2.65. The second-order valence-corrected chi connectivity index (χ2v) is 8.43. The molecule has 2 aromatic heterocycles. The molecule has 0 bridgehead atoms. The van der Waals surface area contributed by atoms with Gasteiger partial charge in [0.1, 0.15) is 16.2 Å². The summed E-state index contributed by atoms with van der Waals surface area (Å²) in [7, 11) is 0. The van der Waals surface area contributed by atoms with Crippen LogP contribution in [0.1, 0.15) is 10.4 Å². The third-order valence-corrected chi connectivity index (χ3v) is 6.38. The van der Waals surface area contributed by atoms with Crippen molar-refractivity contribution in [2.24, 2.45) is 0 Å². The molecule has 3 nitrogen and oxygen atoms in total. The molecular weight excluding hydrogens is 419 g/mol.